The molecule has 3 N–H and O–H groups in total. The maximum Gasteiger partial charge on any atom is 0.244 e. The molecule has 2 aliphatic rings. The van der Waals surface area contributed by atoms with E-state index in [1.54, 1.807) is 0 Å². The summed E-state index contributed by atoms with van der Waals surface area (Å²) in [4.78, 5) is 6.80. The number of aromatic amines is 1. The van der Waals surface area contributed by atoms with Gasteiger partial charge in [0.25, 0.3) is 0 Å². The lowest BCUT2D eigenvalue weighted by Crippen LogP contribution is -2.27. The van der Waals surface area contributed by atoms with Crippen LogP contribution in [0.3, 0.4) is 0 Å². The van der Waals surface area contributed by atoms with Crippen molar-refractivity contribution in [3.63, 3.8) is 0 Å². The maximum absolute atomic E-state index is 5.91. The molecule has 0 aromatic carbocycles. The van der Waals surface area contributed by atoms with E-state index in [-0.39, 0.29) is 6.04 Å². The fourth-order valence-corrected chi connectivity index (χ4v) is 3.91. The lowest BCUT2D eigenvalue weighted by Gasteiger charge is -2.19. The number of nitrogens with zero attached hydrogens (tertiary/aromatic N) is 3. The number of H-pyrrole nitrogens is 1. The van der Waals surface area contributed by atoms with Gasteiger partial charge in [-0.15, -0.1) is 5.10 Å². The second-order valence-corrected chi connectivity index (χ2v) is 6.56. The minimum Gasteiger partial charge on any atom is -0.338 e. The van der Waals surface area contributed by atoms with Gasteiger partial charge < -0.3 is 10.6 Å². The first-order chi connectivity index (χ1) is 8.81. The number of thioether (sulfide) groups is 1. The fourth-order valence-electron chi connectivity index (χ4n) is 2.71. The standard InChI is InChI=1S/C12H21N5S/c13-10-1-4-17(8-10)12-14-11(15-16-12)7-9-2-5-18-6-3-9/h9-10H,1-8,13H2,(H,14,15,16). The van der Waals surface area contributed by atoms with Crippen molar-refractivity contribution in [2.45, 2.75) is 31.7 Å². The van der Waals surface area contributed by atoms with Crippen molar-refractivity contribution in [3.8, 4) is 0 Å². The third-order valence-electron chi connectivity index (χ3n) is 3.85. The summed E-state index contributed by atoms with van der Waals surface area (Å²) in [7, 11) is 0. The normalized spacial score (nSPS) is 25.8. The SMILES string of the molecule is NC1CCN(c2n[nH]c(CC3CCSCC3)n2)C1. The Hall–Kier alpha value is -0.750. The minimum atomic E-state index is 0.280. The summed E-state index contributed by atoms with van der Waals surface area (Å²) in [6.07, 6.45) is 4.72. The number of aromatic nitrogens is 3. The van der Waals surface area contributed by atoms with Crippen molar-refractivity contribution >= 4 is 17.7 Å². The minimum absolute atomic E-state index is 0.280. The van der Waals surface area contributed by atoms with Crippen LogP contribution in [0.25, 0.3) is 0 Å². The first-order valence-electron chi connectivity index (χ1n) is 6.81. The molecule has 0 aliphatic carbocycles. The second-order valence-electron chi connectivity index (χ2n) is 5.34. The van der Waals surface area contributed by atoms with E-state index >= 15 is 0 Å². The van der Waals surface area contributed by atoms with Gasteiger partial charge in [0.15, 0.2) is 0 Å². The number of nitrogens with two attached hydrogens (primary N) is 1. The van der Waals surface area contributed by atoms with Crippen LogP contribution in [0.1, 0.15) is 25.1 Å². The third kappa shape index (κ3) is 2.80. The van der Waals surface area contributed by atoms with E-state index in [1.165, 1.54) is 24.3 Å². The molecule has 2 aliphatic heterocycles. The van der Waals surface area contributed by atoms with Crippen LogP contribution in [0.15, 0.2) is 0 Å². The Kier molecular flexibility index (Phi) is 3.75. The van der Waals surface area contributed by atoms with E-state index < -0.39 is 0 Å². The summed E-state index contributed by atoms with van der Waals surface area (Å²) in [6.45, 7) is 1.87. The van der Waals surface area contributed by atoms with Gasteiger partial charge in [0.2, 0.25) is 5.95 Å². The fraction of sp³-hybridized carbons (Fsp3) is 0.833. The third-order valence-corrected chi connectivity index (χ3v) is 4.90. The molecule has 0 spiro atoms. The lowest BCUT2D eigenvalue weighted by molar-refractivity contribution is 0.477. The Labute approximate surface area is 112 Å². The van der Waals surface area contributed by atoms with E-state index in [0.717, 1.165) is 43.6 Å². The highest BCUT2D eigenvalue weighted by atomic mass is 32.2. The average Bonchev–Trinajstić information content (AvgIpc) is 2.99. The highest BCUT2D eigenvalue weighted by Crippen LogP contribution is 2.25. The van der Waals surface area contributed by atoms with Crippen LogP contribution in [-0.2, 0) is 6.42 Å². The van der Waals surface area contributed by atoms with Gasteiger partial charge in [0, 0.05) is 25.6 Å². The lowest BCUT2D eigenvalue weighted by atomic mass is 9.99. The Morgan fingerprint density at radius 3 is 2.89 bits per heavy atom. The quantitative estimate of drug-likeness (QED) is 0.856. The van der Waals surface area contributed by atoms with Gasteiger partial charge in [-0.1, -0.05) is 0 Å². The molecular weight excluding hydrogens is 246 g/mol. The molecule has 2 fully saturated rings. The van der Waals surface area contributed by atoms with Crippen LogP contribution in [-0.4, -0.2) is 45.8 Å². The molecule has 0 amide bonds. The topological polar surface area (TPSA) is 70.8 Å². The Morgan fingerprint density at radius 1 is 1.33 bits per heavy atom. The van der Waals surface area contributed by atoms with Crippen LogP contribution >= 0.6 is 11.8 Å². The van der Waals surface area contributed by atoms with E-state index in [0.29, 0.717) is 0 Å². The smallest absolute Gasteiger partial charge is 0.244 e. The van der Waals surface area contributed by atoms with E-state index in [1.807, 2.05) is 0 Å². The molecule has 6 heteroatoms. The number of hydrogen-bond acceptors (Lipinski definition) is 5. The molecule has 0 radical (unpaired) electrons. The Morgan fingerprint density at radius 2 is 2.17 bits per heavy atom. The zero-order chi connectivity index (χ0) is 12.4. The highest BCUT2D eigenvalue weighted by Gasteiger charge is 2.23. The van der Waals surface area contributed by atoms with Gasteiger partial charge in [0.05, 0.1) is 0 Å². The zero-order valence-corrected chi connectivity index (χ0v) is 11.5. The molecule has 1 aromatic heterocycles. The van der Waals surface area contributed by atoms with Crippen molar-refractivity contribution in [1.29, 1.82) is 0 Å². The monoisotopic (exact) mass is 267 g/mol. The predicted octanol–water partition coefficient (Wildman–Crippen LogP) is 1.03. The molecule has 0 bridgehead atoms. The van der Waals surface area contributed by atoms with Crippen molar-refractivity contribution < 1.29 is 0 Å². The van der Waals surface area contributed by atoms with Crippen LogP contribution < -0.4 is 10.6 Å². The summed E-state index contributed by atoms with van der Waals surface area (Å²) in [5, 5.41) is 7.42. The first kappa shape index (κ1) is 12.3. The van der Waals surface area contributed by atoms with Crippen LogP contribution in [0, 0.1) is 5.92 Å². The molecule has 18 heavy (non-hydrogen) atoms. The van der Waals surface area contributed by atoms with E-state index in [4.69, 9.17) is 5.73 Å². The first-order valence-corrected chi connectivity index (χ1v) is 7.96. The van der Waals surface area contributed by atoms with Gasteiger partial charge in [-0.3, -0.25) is 5.10 Å². The number of rotatable bonds is 3. The van der Waals surface area contributed by atoms with Gasteiger partial charge in [0.1, 0.15) is 5.82 Å². The largest absolute Gasteiger partial charge is 0.338 e. The van der Waals surface area contributed by atoms with Crippen molar-refractivity contribution in [3.05, 3.63) is 5.82 Å². The van der Waals surface area contributed by atoms with E-state index in [9.17, 15) is 0 Å². The van der Waals surface area contributed by atoms with Gasteiger partial charge in [-0.2, -0.15) is 16.7 Å². The molecule has 1 unspecified atom stereocenters. The molecule has 100 valence electrons. The molecule has 0 saturated carbocycles. The Balaban J connectivity index is 1.59. The van der Waals surface area contributed by atoms with Gasteiger partial charge in [-0.25, -0.2) is 0 Å². The molecule has 1 atom stereocenters. The molecule has 3 rings (SSSR count). The Bertz CT molecular complexity index is 388. The number of nitrogens with one attached hydrogen (secondary N) is 1. The van der Waals surface area contributed by atoms with Gasteiger partial charge in [-0.05, 0) is 36.7 Å². The molecule has 5 nitrogen and oxygen atoms in total. The summed E-state index contributed by atoms with van der Waals surface area (Å²) in [5.41, 5.74) is 5.91. The molecule has 1 aromatic rings. The van der Waals surface area contributed by atoms with Crippen molar-refractivity contribution in [1.82, 2.24) is 15.2 Å². The number of anilines is 1. The predicted molar refractivity (Wildman–Crippen MR) is 74.9 cm³/mol. The van der Waals surface area contributed by atoms with Crippen LogP contribution in [0.2, 0.25) is 0 Å². The molecule has 3 heterocycles. The molecule has 2 saturated heterocycles. The zero-order valence-electron chi connectivity index (χ0n) is 10.6. The average molecular weight is 267 g/mol. The summed E-state index contributed by atoms with van der Waals surface area (Å²) < 4.78 is 0. The van der Waals surface area contributed by atoms with Crippen molar-refractivity contribution in [2.75, 3.05) is 29.5 Å². The van der Waals surface area contributed by atoms with E-state index in [2.05, 4.69) is 31.8 Å². The second kappa shape index (κ2) is 5.48. The van der Waals surface area contributed by atoms with Gasteiger partial charge >= 0.3 is 0 Å². The number of hydrogen-bond donors (Lipinski definition) is 2. The summed E-state index contributed by atoms with van der Waals surface area (Å²) >= 11 is 2.07. The maximum atomic E-state index is 5.91. The summed E-state index contributed by atoms with van der Waals surface area (Å²) in [5.74, 6) is 5.26. The van der Waals surface area contributed by atoms with Crippen molar-refractivity contribution in [2.24, 2.45) is 11.7 Å². The van der Waals surface area contributed by atoms with Crippen LogP contribution in [0.5, 0.6) is 0 Å². The summed E-state index contributed by atoms with van der Waals surface area (Å²) in [6, 6.07) is 0.280. The van der Waals surface area contributed by atoms with Crippen LogP contribution in [0.4, 0.5) is 5.95 Å². The highest BCUT2D eigenvalue weighted by molar-refractivity contribution is 7.99. The molecular formula is C12H21N5S.